The highest BCUT2D eigenvalue weighted by molar-refractivity contribution is 4.89. The zero-order valence-electron chi connectivity index (χ0n) is 11.5. The van der Waals surface area contributed by atoms with Gasteiger partial charge in [0.2, 0.25) is 0 Å². The molecule has 0 amide bonds. The molecule has 1 saturated heterocycles. The number of hydrogen-bond acceptors (Lipinski definition) is 2. The lowest BCUT2D eigenvalue weighted by molar-refractivity contribution is -0.182. The van der Waals surface area contributed by atoms with Crippen LogP contribution in [0.3, 0.4) is 0 Å². The van der Waals surface area contributed by atoms with E-state index >= 15 is 0 Å². The van der Waals surface area contributed by atoms with E-state index in [0.717, 1.165) is 0 Å². The van der Waals surface area contributed by atoms with Gasteiger partial charge in [-0.2, -0.15) is 0 Å². The van der Waals surface area contributed by atoms with Crippen molar-refractivity contribution in [2.45, 2.75) is 71.7 Å². The predicted octanol–water partition coefficient (Wildman–Crippen LogP) is 3.64. The summed E-state index contributed by atoms with van der Waals surface area (Å²) >= 11 is 0. The average molecular weight is 228 g/mol. The van der Waals surface area contributed by atoms with E-state index in [1.165, 1.54) is 25.7 Å². The largest absolute Gasteiger partial charge is 0.378 e. The maximum absolute atomic E-state index is 6.14. The van der Waals surface area contributed by atoms with Crippen molar-refractivity contribution >= 4 is 0 Å². The summed E-state index contributed by atoms with van der Waals surface area (Å²) in [6, 6.07) is 0. The van der Waals surface area contributed by atoms with Gasteiger partial charge in [0, 0.05) is 7.11 Å². The van der Waals surface area contributed by atoms with Crippen molar-refractivity contribution in [3.8, 4) is 0 Å². The van der Waals surface area contributed by atoms with Gasteiger partial charge in [-0.25, -0.2) is 0 Å². The third-order valence-electron chi connectivity index (χ3n) is 4.09. The van der Waals surface area contributed by atoms with Crippen LogP contribution in [0.1, 0.15) is 53.4 Å². The van der Waals surface area contributed by atoms with Crippen molar-refractivity contribution in [2.75, 3.05) is 7.11 Å². The van der Waals surface area contributed by atoms with Crippen LogP contribution in [-0.4, -0.2) is 25.4 Å². The standard InChI is InChI=1S/C14H28O2/c1-6-9-13-11(7-2)12(8-3)14(15-5)10(4)16-13/h10-14H,6-9H2,1-5H3/t10-,11+,12?,13?,14?/m0/s1. The molecule has 0 aromatic rings. The van der Waals surface area contributed by atoms with Gasteiger partial charge in [0.1, 0.15) is 0 Å². The molecule has 1 aliphatic rings. The second-order valence-electron chi connectivity index (χ2n) is 5.01. The summed E-state index contributed by atoms with van der Waals surface area (Å²) in [6.07, 6.45) is 5.78. The quantitative estimate of drug-likeness (QED) is 0.715. The highest BCUT2D eigenvalue weighted by Crippen LogP contribution is 2.38. The lowest BCUT2D eigenvalue weighted by Gasteiger charge is -2.45. The molecule has 2 heteroatoms. The molecule has 0 N–H and O–H groups in total. The summed E-state index contributed by atoms with van der Waals surface area (Å²) in [5.74, 6) is 1.33. The van der Waals surface area contributed by atoms with Gasteiger partial charge in [0.15, 0.2) is 0 Å². The molecule has 2 nitrogen and oxygen atoms in total. The van der Waals surface area contributed by atoms with Crippen molar-refractivity contribution in [3.05, 3.63) is 0 Å². The van der Waals surface area contributed by atoms with Gasteiger partial charge in [-0.3, -0.25) is 0 Å². The first-order valence-electron chi connectivity index (χ1n) is 6.87. The van der Waals surface area contributed by atoms with Crippen molar-refractivity contribution in [1.29, 1.82) is 0 Å². The van der Waals surface area contributed by atoms with Crippen LogP contribution in [-0.2, 0) is 9.47 Å². The first-order chi connectivity index (χ1) is 7.69. The van der Waals surface area contributed by atoms with Crippen LogP contribution in [0.15, 0.2) is 0 Å². The van der Waals surface area contributed by atoms with Crippen LogP contribution in [0, 0.1) is 11.8 Å². The highest BCUT2D eigenvalue weighted by atomic mass is 16.5. The van der Waals surface area contributed by atoms with E-state index in [-0.39, 0.29) is 12.2 Å². The van der Waals surface area contributed by atoms with Crippen LogP contribution in [0.5, 0.6) is 0 Å². The van der Waals surface area contributed by atoms with Crippen molar-refractivity contribution < 1.29 is 9.47 Å². The second-order valence-corrected chi connectivity index (χ2v) is 5.01. The second kappa shape index (κ2) is 6.61. The molecule has 3 unspecified atom stereocenters. The van der Waals surface area contributed by atoms with Gasteiger partial charge in [-0.15, -0.1) is 0 Å². The van der Waals surface area contributed by atoms with Crippen LogP contribution >= 0.6 is 0 Å². The Morgan fingerprint density at radius 3 is 2.12 bits per heavy atom. The monoisotopic (exact) mass is 228 g/mol. The van der Waals surface area contributed by atoms with Crippen molar-refractivity contribution in [1.82, 2.24) is 0 Å². The number of hydrogen-bond donors (Lipinski definition) is 0. The predicted molar refractivity (Wildman–Crippen MR) is 67.6 cm³/mol. The fraction of sp³-hybridized carbons (Fsp3) is 1.00. The van der Waals surface area contributed by atoms with E-state index in [4.69, 9.17) is 9.47 Å². The minimum atomic E-state index is 0.245. The Morgan fingerprint density at radius 2 is 1.69 bits per heavy atom. The smallest absolute Gasteiger partial charge is 0.0861 e. The lowest BCUT2D eigenvalue weighted by atomic mass is 9.75. The molecular weight excluding hydrogens is 200 g/mol. The Labute approximate surface area is 101 Å². The summed E-state index contributed by atoms with van der Waals surface area (Å²) < 4.78 is 11.8. The first-order valence-corrected chi connectivity index (χ1v) is 6.87. The Balaban J connectivity index is 2.78. The molecule has 0 aliphatic carbocycles. The molecule has 0 aromatic carbocycles. The van der Waals surface area contributed by atoms with E-state index in [0.29, 0.717) is 17.9 Å². The molecule has 0 radical (unpaired) electrons. The molecular formula is C14H28O2. The van der Waals surface area contributed by atoms with Crippen molar-refractivity contribution in [3.63, 3.8) is 0 Å². The summed E-state index contributed by atoms with van der Waals surface area (Å²) in [5, 5.41) is 0. The zero-order chi connectivity index (χ0) is 12.1. The van der Waals surface area contributed by atoms with Crippen LogP contribution in [0.2, 0.25) is 0 Å². The third kappa shape index (κ3) is 2.78. The summed E-state index contributed by atoms with van der Waals surface area (Å²) in [7, 11) is 1.82. The topological polar surface area (TPSA) is 18.5 Å². The van der Waals surface area contributed by atoms with Gasteiger partial charge in [-0.1, -0.05) is 40.0 Å². The molecule has 0 saturated carbocycles. The van der Waals surface area contributed by atoms with E-state index < -0.39 is 0 Å². The molecule has 5 atom stereocenters. The zero-order valence-corrected chi connectivity index (χ0v) is 11.5. The first kappa shape index (κ1) is 14.0. The van der Waals surface area contributed by atoms with Crippen LogP contribution in [0.25, 0.3) is 0 Å². The minimum absolute atomic E-state index is 0.245. The fourth-order valence-corrected chi connectivity index (χ4v) is 3.36. The Hall–Kier alpha value is -0.0800. The molecule has 96 valence electrons. The number of ether oxygens (including phenoxy) is 2. The van der Waals surface area contributed by atoms with E-state index in [1.54, 1.807) is 0 Å². The molecule has 1 fully saturated rings. The van der Waals surface area contributed by atoms with Gasteiger partial charge >= 0.3 is 0 Å². The molecule has 1 aliphatic heterocycles. The van der Waals surface area contributed by atoms with Gasteiger partial charge in [-0.05, 0) is 25.2 Å². The van der Waals surface area contributed by atoms with E-state index in [9.17, 15) is 0 Å². The molecule has 16 heavy (non-hydrogen) atoms. The summed E-state index contributed by atoms with van der Waals surface area (Å²) in [4.78, 5) is 0. The Kier molecular flexibility index (Phi) is 5.77. The SMILES string of the molecule is CCCC1O[C@@H](C)C(OC)C(CC)[C@H]1CC. The number of methoxy groups -OCH3 is 1. The molecule has 0 spiro atoms. The molecule has 0 aromatic heterocycles. The average Bonchev–Trinajstić information content (AvgIpc) is 2.28. The van der Waals surface area contributed by atoms with Crippen molar-refractivity contribution in [2.24, 2.45) is 11.8 Å². The maximum atomic E-state index is 6.14. The summed E-state index contributed by atoms with van der Waals surface area (Å²) in [6.45, 7) is 8.96. The Morgan fingerprint density at radius 1 is 1.06 bits per heavy atom. The number of rotatable bonds is 5. The van der Waals surface area contributed by atoms with Gasteiger partial charge in [0.05, 0.1) is 18.3 Å². The maximum Gasteiger partial charge on any atom is 0.0861 e. The van der Waals surface area contributed by atoms with E-state index in [2.05, 4.69) is 27.7 Å². The molecule has 0 bridgehead atoms. The van der Waals surface area contributed by atoms with Crippen LogP contribution in [0.4, 0.5) is 0 Å². The molecule has 1 heterocycles. The normalized spacial score (nSPS) is 39.9. The fourth-order valence-electron chi connectivity index (χ4n) is 3.36. The Bertz CT molecular complexity index is 193. The van der Waals surface area contributed by atoms with E-state index in [1.807, 2.05) is 7.11 Å². The lowest BCUT2D eigenvalue weighted by Crippen LogP contribution is -2.50. The molecule has 1 rings (SSSR count). The minimum Gasteiger partial charge on any atom is -0.378 e. The van der Waals surface area contributed by atoms with Crippen LogP contribution < -0.4 is 0 Å². The summed E-state index contributed by atoms with van der Waals surface area (Å²) in [5.41, 5.74) is 0. The highest BCUT2D eigenvalue weighted by Gasteiger charge is 2.41. The van der Waals surface area contributed by atoms with Gasteiger partial charge in [0.25, 0.3) is 0 Å². The third-order valence-corrected chi connectivity index (χ3v) is 4.09. The van der Waals surface area contributed by atoms with Gasteiger partial charge < -0.3 is 9.47 Å².